The molecule has 0 aliphatic carbocycles. The number of anilines is 1. The Morgan fingerprint density at radius 3 is 2.18 bits per heavy atom. The number of carbonyl (C=O) groups is 5. The first-order chi connectivity index (χ1) is 39.1. The normalized spacial score (nSPS) is 33.1. The first kappa shape index (κ1) is 67.1. The smallest absolute Gasteiger partial charge is 0.247 e. The zero-order valence-electron chi connectivity index (χ0n) is 50.8. The first-order valence-corrected chi connectivity index (χ1v) is 29.7. The maximum absolute atomic E-state index is 14.9. The standard InChI is InChI=1S/C63H93ClN6O13/c1-36(2)48-32-52(72)65-46(28-43-23-25-45(26-24-43)66-60(77)49(30-44-21-17-18-22-47(44)64)67-51(71)29-42-19-15-14-16-20-42)31-53(73)70(12)35-37(3)33-62(8,78)58(83-61-55(74)50(69(10)11)27-38(4)80-61)39(5)56(40(6)59(76)68-48)82-54-34-63(9,79-13)57(75)41(7)81-54/h14-26,36-41,46,48-50,54-58,61,74-75,78H,27-35H2,1-13H3,(H,65,72)(H,66,77)(H,67,71)(H,68,76)/t37-,38-,39+,40-,41+,46-,48-,49+,50+,54+,55-,56+,57+,58-,61+,62-,63-/m1/s1. The number of carbonyl (C=O) groups excluding carboxylic acids is 5. The Balaban J connectivity index is 1.28. The van der Waals surface area contributed by atoms with Crippen molar-refractivity contribution in [2.75, 3.05) is 40.1 Å². The molecule has 3 aromatic rings. The van der Waals surface area contributed by atoms with Gasteiger partial charge >= 0.3 is 0 Å². The van der Waals surface area contributed by atoms with Gasteiger partial charge in [0.05, 0.1) is 48.0 Å². The van der Waals surface area contributed by atoms with Gasteiger partial charge in [-0.3, -0.25) is 24.0 Å². The van der Waals surface area contributed by atoms with Gasteiger partial charge in [-0.05, 0) is 108 Å². The van der Waals surface area contributed by atoms with Crippen molar-refractivity contribution >= 4 is 46.8 Å². The van der Waals surface area contributed by atoms with Crippen LogP contribution in [0.1, 0.15) is 111 Å². The van der Waals surface area contributed by atoms with Crippen LogP contribution in [0, 0.1) is 23.7 Å². The minimum absolute atomic E-state index is 0.0790. The fourth-order valence-corrected chi connectivity index (χ4v) is 12.2. The molecule has 20 heteroatoms. The van der Waals surface area contributed by atoms with Gasteiger partial charge < -0.3 is 70.1 Å². The van der Waals surface area contributed by atoms with Crippen molar-refractivity contribution in [1.82, 2.24) is 25.8 Å². The fourth-order valence-electron chi connectivity index (χ4n) is 12.0. The van der Waals surface area contributed by atoms with Crippen molar-refractivity contribution in [1.29, 1.82) is 0 Å². The van der Waals surface area contributed by atoms with Crippen LogP contribution in [0.2, 0.25) is 5.02 Å². The van der Waals surface area contributed by atoms with E-state index in [1.807, 2.05) is 96.1 Å². The van der Waals surface area contributed by atoms with E-state index in [1.54, 1.807) is 76.0 Å². The highest BCUT2D eigenvalue weighted by atomic mass is 35.5. The van der Waals surface area contributed by atoms with Crippen molar-refractivity contribution in [2.45, 2.75) is 198 Å². The van der Waals surface area contributed by atoms with Crippen molar-refractivity contribution in [3.63, 3.8) is 0 Å². The summed E-state index contributed by atoms with van der Waals surface area (Å²) in [5.74, 6) is -4.25. The van der Waals surface area contributed by atoms with Crippen molar-refractivity contribution < 1.29 is 63.0 Å². The molecule has 3 heterocycles. The summed E-state index contributed by atoms with van der Waals surface area (Å²) in [7, 11) is 6.92. The molecule has 0 unspecified atom stereocenters. The molecule has 83 heavy (non-hydrogen) atoms. The molecule has 19 nitrogen and oxygen atoms in total. The van der Waals surface area contributed by atoms with Gasteiger partial charge in [-0.2, -0.15) is 0 Å². The number of rotatable bonds is 16. The molecule has 3 aliphatic rings. The predicted molar refractivity (Wildman–Crippen MR) is 317 cm³/mol. The van der Waals surface area contributed by atoms with Gasteiger partial charge in [0.25, 0.3) is 0 Å². The molecule has 0 aromatic heterocycles. The Hall–Kier alpha value is -5.06. The lowest BCUT2D eigenvalue weighted by molar-refractivity contribution is -0.317. The number of methoxy groups -OCH3 is 1. The fraction of sp³-hybridized carbons (Fsp3) is 0.635. The van der Waals surface area contributed by atoms with E-state index in [0.717, 1.165) is 11.1 Å². The van der Waals surface area contributed by atoms with Crippen LogP contribution in [0.3, 0.4) is 0 Å². The molecule has 3 fully saturated rings. The molecule has 17 atom stereocenters. The van der Waals surface area contributed by atoms with Gasteiger partial charge in [-0.1, -0.05) is 107 Å². The highest BCUT2D eigenvalue weighted by molar-refractivity contribution is 6.31. The first-order valence-electron chi connectivity index (χ1n) is 29.3. The number of hydrogen-bond acceptors (Lipinski definition) is 14. The van der Waals surface area contributed by atoms with E-state index in [2.05, 4.69) is 21.3 Å². The molecule has 460 valence electrons. The lowest BCUT2D eigenvalue weighted by Gasteiger charge is -2.49. The molecule has 3 aliphatic heterocycles. The van der Waals surface area contributed by atoms with Gasteiger partial charge in [-0.25, -0.2) is 0 Å². The Bertz CT molecular complexity index is 2610. The third-order valence-electron chi connectivity index (χ3n) is 16.9. The number of halogens is 1. The maximum Gasteiger partial charge on any atom is 0.247 e. The molecule has 0 saturated carbocycles. The minimum atomic E-state index is -1.70. The number of aliphatic hydroxyl groups is 3. The van der Waals surface area contributed by atoms with E-state index < -0.39 is 102 Å². The van der Waals surface area contributed by atoms with Crippen molar-refractivity contribution in [2.24, 2.45) is 23.7 Å². The van der Waals surface area contributed by atoms with Crippen LogP contribution in [0.5, 0.6) is 0 Å². The van der Waals surface area contributed by atoms with Gasteiger partial charge in [0.2, 0.25) is 29.5 Å². The highest BCUT2D eigenvalue weighted by Crippen LogP contribution is 2.39. The number of amides is 5. The average Bonchev–Trinajstić information content (AvgIpc) is 3.63. The Kier molecular flexibility index (Phi) is 24.1. The van der Waals surface area contributed by atoms with Gasteiger partial charge in [0, 0.05) is 81.1 Å². The van der Waals surface area contributed by atoms with E-state index in [1.165, 1.54) is 7.11 Å². The van der Waals surface area contributed by atoms with Crippen LogP contribution in [0.15, 0.2) is 78.9 Å². The molecule has 6 rings (SSSR count). The summed E-state index contributed by atoms with van der Waals surface area (Å²) < 4.78 is 32.2. The molecular formula is C63H93ClN6O13. The number of aliphatic hydroxyl groups excluding tert-OH is 2. The number of benzene rings is 3. The minimum Gasteiger partial charge on any atom is -0.387 e. The average molecular weight is 1180 g/mol. The lowest BCUT2D eigenvalue weighted by Crippen LogP contribution is -2.61. The third kappa shape index (κ3) is 18.5. The summed E-state index contributed by atoms with van der Waals surface area (Å²) in [6.45, 7) is 16.5. The van der Waals surface area contributed by atoms with Crippen molar-refractivity contribution in [3.8, 4) is 0 Å². The second-order valence-corrected chi connectivity index (χ2v) is 25.2. The van der Waals surface area contributed by atoms with E-state index >= 15 is 0 Å². The topological polar surface area (TPSA) is 247 Å². The largest absolute Gasteiger partial charge is 0.387 e. The zero-order chi connectivity index (χ0) is 61.1. The van der Waals surface area contributed by atoms with Crippen LogP contribution < -0.4 is 21.3 Å². The quantitative estimate of drug-likeness (QED) is 0.0895. The van der Waals surface area contributed by atoms with E-state index in [4.69, 9.17) is 35.3 Å². The highest BCUT2D eigenvalue weighted by Gasteiger charge is 2.51. The summed E-state index contributed by atoms with van der Waals surface area (Å²) in [4.78, 5) is 74.3. The molecule has 7 N–H and O–H groups in total. The monoisotopic (exact) mass is 1180 g/mol. The molecule has 3 aromatic carbocycles. The van der Waals surface area contributed by atoms with E-state index in [-0.39, 0.29) is 87.3 Å². The summed E-state index contributed by atoms with van der Waals surface area (Å²) in [6.07, 6.45) is -6.60. The number of nitrogens with one attached hydrogen (secondary N) is 4. The second-order valence-electron chi connectivity index (χ2n) is 24.8. The summed E-state index contributed by atoms with van der Waals surface area (Å²) in [6, 6.07) is 20.7. The van der Waals surface area contributed by atoms with Crippen LogP contribution >= 0.6 is 11.6 Å². The summed E-state index contributed by atoms with van der Waals surface area (Å²) in [5.41, 5.74) is -0.0786. The third-order valence-corrected chi connectivity index (χ3v) is 17.3. The number of ether oxygens (including phenoxy) is 5. The van der Waals surface area contributed by atoms with Crippen LogP contribution in [-0.4, -0.2) is 174 Å². The molecule has 0 bridgehead atoms. The van der Waals surface area contributed by atoms with Crippen molar-refractivity contribution in [3.05, 3.63) is 101 Å². The summed E-state index contributed by atoms with van der Waals surface area (Å²) >= 11 is 6.51. The van der Waals surface area contributed by atoms with Crippen LogP contribution in [0.4, 0.5) is 5.69 Å². The molecule has 0 spiro atoms. The lowest BCUT2D eigenvalue weighted by atomic mass is 9.77. The number of nitrogens with zero attached hydrogens (tertiary/aromatic N) is 2. The zero-order valence-corrected chi connectivity index (χ0v) is 51.6. The van der Waals surface area contributed by atoms with Crippen LogP contribution in [-0.2, 0) is 66.9 Å². The maximum atomic E-state index is 14.9. The van der Waals surface area contributed by atoms with Gasteiger partial charge in [0.1, 0.15) is 18.2 Å². The number of likely N-dealkylation sites (N-methyl/N-ethyl adjacent to an activating group) is 1. The second kappa shape index (κ2) is 29.8. The molecule has 5 amide bonds. The van der Waals surface area contributed by atoms with E-state index in [0.29, 0.717) is 22.7 Å². The molecule has 3 saturated heterocycles. The Morgan fingerprint density at radius 1 is 0.880 bits per heavy atom. The number of hydrogen-bond donors (Lipinski definition) is 7. The van der Waals surface area contributed by atoms with Crippen LogP contribution in [0.25, 0.3) is 0 Å². The molecular weight excluding hydrogens is 1080 g/mol. The Morgan fingerprint density at radius 2 is 1.54 bits per heavy atom. The summed E-state index contributed by atoms with van der Waals surface area (Å²) in [5, 5.41) is 48.5. The predicted octanol–water partition coefficient (Wildman–Crippen LogP) is 5.82. The Labute approximate surface area is 496 Å². The van der Waals surface area contributed by atoms with Gasteiger partial charge in [-0.15, -0.1) is 0 Å². The van der Waals surface area contributed by atoms with E-state index in [9.17, 15) is 39.3 Å². The SMILES string of the molecule is CO[C@]1(C)C[C@H](O[C@H]2[C@H](C)[C@@H](O[C@@H]3O[C@H](C)C[C@H](N(C)C)[C@H]3O)[C@](C)(O)C[C@@H](C)CN(C)C(=O)C[C@@H](Cc3ccc(NC(=O)[C@H](Cc4ccccc4Cl)NC(=O)Cc4ccccc4)cc3)NC(=O)C[C@H](C(C)C)NC(=O)[C@@H]2C)O[C@@H](C)[C@@H]1O. The van der Waals surface area contributed by atoms with Gasteiger partial charge in [0.15, 0.2) is 12.6 Å². The molecule has 0 radical (unpaired) electrons.